The standard InChI is InChI=1S/C9H5ClF4O3/c10-5-1-4(3-15)7(17-9(13)14)6(2-5)16-8(11)12/h1-3,8-9H. The Morgan fingerprint density at radius 2 is 1.71 bits per heavy atom. The highest BCUT2D eigenvalue weighted by molar-refractivity contribution is 6.31. The summed E-state index contributed by atoms with van der Waals surface area (Å²) in [5.74, 6) is -1.50. The van der Waals surface area contributed by atoms with Crippen molar-refractivity contribution in [2.75, 3.05) is 0 Å². The lowest BCUT2D eigenvalue weighted by Gasteiger charge is -2.13. The van der Waals surface area contributed by atoms with E-state index in [9.17, 15) is 22.4 Å². The highest BCUT2D eigenvalue weighted by atomic mass is 35.5. The minimum atomic E-state index is -3.28. The van der Waals surface area contributed by atoms with E-state index in [4.69, 9.17) is 11.6 Å². The molecule has 0 aromatic heterocycles. The van der Waals surface area contributed by atoms with Gasteiger partial charge in [-0.25, -0.2) is 0 Å². The number of aldehydes is 1. The van der Waals surface area contributed by atoms with Crippen molar-refractivity contribution in [3.8, 4) is 11.5 Å². The normalized spacial score (nSPS) is 10.8. The van der Waals surface area contributed by atoms with Gasteiger partial charge in [0, 0.05) is 11.1 Å². The molecule has 0 saturated heterocycles. The fourth-order valence-electron chi connectivity index (χ4n) is 1.08. The molecule has 0 aliphatic heterocycles. The molecule has 1 aromatic carbocycles. The lowest BCUT2D eigenvalue weighted by atomic mass is 10.2. The van der Waals surface area contributed by atoms with Crippen molar-refractivity contribution in [3.63, 3.8) is 0 Å². The Kier molecular flexibility index (Phi) is 4.56. The number of carbonyl (C=O) groups excluding carboxylic acids is 1. The van der Waals surface area contributed by atoms with Crippen molar-refractivity contribution in [1.82, 2.24) is 0 Å². The number of alkyl halides is 4. The zero-order valence-corrected chi connectivity index (χ0v) is 8.76. The average molecular weight is 273 g/mol. The Balaban J connectivity index is 3.22. The molecule has 0 aliphatic rings. The van der Waals surface area contributed by atoms with Gasteiger partial charge in [-0.1, -0.05) is 11.6 Å². The van der Waals surface area contributed by atoms with Crippen LogP contribution in [0.5, 0.6) is 11.5 Å². The van der Waals surface area contributed by atoms with E-state index in [-0.39, 0.29) is 11.3 Å². The summed E-state index contributed by atoms with van der Waals surface area (Å²) >= 11 is 5.49. The maximum Gasteiger partial charge on any atom is 0.387 e. The molecule has 0 radical (unpaired) electrons. The van der Waals surface area contributed by atoms with Gasteiger partial charge in [0.1, 0.15) is 0 Å². The Hall–Kier alpha value is -1.50. The topological polar surface area (TPSA) is 35.5 Å². The Labute approximate surface area is 97.9 Å². The number of rotatable bonds is 5. The number of ether oxygens (including phenoxy) is 2. The van der Waals surface area contributed by atoms with Gasteiger partial charge in [-0.05, 0) is 6.07 Å². The zero-order chi connectivity index (χ0) is 13.0. The van der Waals surface area contributed by atoms with Gasteiger partial charge in [0.2, 0.25) is 0 Å². The van der Waals surface area contributed by atoms with Gasteiger partial charge in [-0.15, -0.1) is 0 Å². The van der Waals surface area contributed by atoms with Crippen LogP contribution in [0, 0.1) is 0 Å². The first-order valence-corrected chi connectivity index (χ1v) is 4.50. The molecule has 0 atom stereocenters. The molecule has 94 valence electrons. The highest BCUT2D eigenvalue weighted by Crippen LogP contribution is 2.36. The van der Waals surface area contributed by atoms with Gasteiger partial charge >= 0.3 is 13.2 Å². The molecule has 0 unspecified atom stereocenters. The summed E-state index contributed by atoms with van der Waals surface area (Å²) in [5, 5.41) is -0.121. The molecule has 0 saturated carbocycles. The minimum absolute atomic E-state index is 0.121. The molecule has 1 rings (SSSR count). The predicted octanol–water partition coefficient (Wildman–Crippen LogP) is 3.36. The van der Waals surface area contributed by atoms with Gasteiger partial charge in [0.15, 0.2) is 17.8 Å². The number of halogens is 5. The molecule has 8 heteroatoms. The van der Waals surface area contributed by atoms with Crippen LogP contribution in [-0.4, -0.2) is 19.5 Å². The van der Waals surface area contributed by atoms with Gasteiger partial charge in [0.25, 0.3) is 0 Å². The van der Waals surface area contributed by atoms with E-state index in [1.54, 1.807) is 0 Å². The van der Waals surface area contributed by atoms with Gasteiger partial charge < -0.3 is 9.47 Å². The van der Waals surface area contributed by atoms with Gasteiger partial charge in [-0.3, -0.25) is 4.79 Å². The second kappa shape index (κ2) is 5.72. The fourth-order valence-corrected chi connectivity index (χ4v) is 1.29. The van der Waals surface area contributed by atoms with Crippen molar-refractivity contribution in [3.05, 3.63) is 22.7 Å². The number of hydrogen-bond donors (Lipinski definition) is 0. The van der Waals surface area contributed by atoms with Crippen molar-refractivity contribution in [2.45, 2.75) is 13.2 Å². The quantitative estimate of drug-likeness (QED) is 0.609. The molecular formula is C9H5ClF4O3. The molecule has 0 amide bonds. The lowest BCUT2D eigenvalue weighted by Crippen LogP contribution is -2.09. The molecule has 3 nitrogen and oxygen atoms in total. The SMILES string of the molecule is O=Cc1cc(Cl)cc(OC(F)F)c1OC(F)F. The summed E-state index contributed by atoms with van der Waals surface area (Å²) in [4.78, 5) is 10.6. The largest absolute Gasteiger partial charge is 0.431 e. The fraction of sp³-hybridized carbons (Fsp3) is 0.222. The zero-order valence-electron chi connectivity index (χ0n) is 8.00. The van der Waals surface area contributed by atoms with E-state index in [0.717, 1.165) is 12.1 Å². The number of carbonyl (C=O) groups is 1. The van der Waals surface area contributed by atoms with E-state index in [1.807, 2.05) is 0 Å². The lowest BCUT2D eigenvalue weighted by molar-refractivity contribution is -0.0694. The average Bonchev–Trinajstić information content (AvgIpc) is 2.20. The monoisotopic (exact) mass is 272 g/mol. The van der Waals surface area contributed by atoms with E-state index < -0.39 is 30.3 Å². The molecule has 0 aliphatic carbocycles. The smallest absolute Gasteiger partial charge is 0.387 e. The van der Waals surface area contributed by atoms with Crippen LogP contribution in [0.2, 0.25) is 5.02 Å². The van der Waals surface area contributed by atoms with E-state index in [2.05, 4.69) is 9.47 Å². The molecule has 0 N–H and O–H groups in total. The second-order valence-electron chi connectivity index (χ2n) is 2.70. The third-order valence-corrected chi connectivity index (χ3v) is 1.82. The Morgan fingerprint density at radius 1 is 1.12 bits per heavy atom. The molecular weight excluding hydrogens is 268 g/mol. The first-order valence-electron chi connectivity index (χ1n) is 4.12. The van der Waals surface area contributed by atoms with E-state index in [0.29, 0.717) is 0 Å². The molecule has 17 heavy (non-hydrogen) atoms. The van der Waals surface area contributed by atoms with Crippen LogP contribution in [0.4, 0.5) is 17.6 Å². The molecule has 1 aromatic rings. The third-order valence-electron chi connectivity index (χ3n) is 1.60. The number of benzene rings is 1. The van der Waals surface area contributed by atoms with Crippen molar-refractivity contribution < 1.29 is 31.8 Å². The second-order valence-corrected chi connectivity index (χ2v) is 3.13. The molecule has 0 spiro atoms. The maximum atomic E-state index is 12.0. The highest BCUT2D eigenvalue weighted by Gasteiger charge is 2.19. The van der Waals surface area contributed by atoms with Crippen molar-refractivity contribution >= 4 is 17.9 Å². The van der Waals surface area contributed by atoms with Crippen LogP contribution in [0.1, 0.15) is 10.4 Å². The van der Waals surface area contributed by atoms with Gasteiger partial charge in [-0.2, -0.15) is 17.6 Å². The van der Waals surface area contributed by atoms with E-state index in [1.165, 1.54) is 0 Å². The van der Waals surface area contributed by atoms with Crippen LogP contribution in [-0.2, 0) is 0 Å². The summed E-state index contributed by atoms with van der Waals surface area (Å²) in [7, 11) is 0. The van der Waals surface area contributed by atoms with Crippen LogP contribution >= 0.6 is 11.6 Å². The summed E-state index contributed by atoms with van der Waals surface area (Å²) < 4.78 is 56.0. The van der Waals surface area contributed by atoms with Crippen molar-refractivity contribution in [1.29, 1.82) is 0 Å². The summed E-state index contributed by atoms with van der Waals surface area (Å²) in [6.07, 6.45) is 0.141. The molecule has 0 heterocycles. The van der Waals surface area contributed by atoms with Crippen LogP contribution in [0.25, 0.3) is 0 Å². The molecule has 0 fully saturated rings. The van der Waals surface area contributed by atoms with Crippen LogP contribution in [0.3, 0.4) is 0 Å². The first kappa shape index (κ1) is 13.6. The Bertz CT molecular complexity index is 411. The van der Waals surface area contributed by atoms with Crippen molar-refractivity contribution in [2.24, 2.45) is 0 Å². The minimum Gasteiger partial charge on any atom is -0.431 e. The molecule has 0 bridgehead atoms. The summed E-state index contributed by atoms with van der Waals surface area (Å²) in [6.45, 7) is -6.54. The Morgan fingerprint density at radius 3 is 2.18 bits per heavy atom. The van der Waals surface area contributed by atoms with Gasteiger partial charge in [0.05, 0.1) is 5.56 Å². The first-order chi connectivity index (χ1) is 7.93. The third kappa shape index (κ3) is 3.77. The maximum absolute atomic E-state index is 12.0. The summed E-state index contributed by atoms with van der Waals surface area (Å²) in [6, 6.07) is 1.84. The van der Waals surface area contributed by atoms with Crippen LogP contribution < -0.4 is 9.47 Å². The summed E-state index contributed by atoms with van der Waals surface area (Å²) in [5.41, 5.74) is -0.409. The number of hydrogen-bond acceptors (Lipinski definition) is 3. The predicted molar refractivity (Wildman–Crippen MR) is 50.1 cm³/mol. The van der Waals surface area contributed by atoms with E-state index >= 15 is 0 Å². The van der Waals surface area contributed by atoms with Crippen LogP contribution in [0.15, 0.2) is 12.1 Å².